The zero-order valence-electron chi connectivity index (χ0n) is 17.7. The van der Waals surface area contributed by atoms with Crippen LogP contribution in [0.5, 0.6) is 0 Å². The molecule has 5 rings (SSSR count). The minimum Gasteiger partial charge on any atom is -0.366 e. The Hall–Kier alpha value is -4.25. The molecule has 1 aliphatic rings. The summed E-state index contributed by atoms with van der Waals surface area (Å²) in [4.78, 5) is 11.3. The SMILES string of the molecule is Cc1ccc(N2CCc3ncnc(NCc4cccc(-n5cnnc5)c4)c3C2)c(C#N)c1. The minimum atomic E-state index is 0.632. The van der Waals surface area contributed by atoms with Gasteiger partial charge in [-0.25, -0.2) is 9.97 Å². The molecular weight excluding hydrogens is 400 g/mol. The number of anilines is 2. The Morgan fingerprint density at radius 3 is 2.81 bits per heavy atom. The lowest BCUT2D eigenvalue weighted by atomic mass is 10.0. The van der Waals surface area contributed by atoms with E-state index < -0.39 is 0 Å². The summed E-state index contributed by atoms with van der Waals surface area (Å²) >= 11 is 0. The van der Waals surface area contributed by atoms with E-state index in [1.54, 1.807) is 19.0 Å². The molecule has 8 nitrogen and oxygen atoms in total. The molecule has 0 atom stereocenters. The van der Waals surface area contributed by atoms with E-state index in [1.165, 1.54) is 0 Å². The van der Waals surface area contributed by atoms with Gasteiger partial charge in [0.05, 0.1) is 16.9 Å². The Labute approximate surface area is 186 Å². The summed E-state index contributed by atoms with van der Waals surface area (Å²) in [7, 11) is 0. The Morgan fingerprint density at radius 2 is 1.97 bits per heavy atom. The summed E-state index contributed by atoms with van der Waals surface area (Å²) < 4.78 is 1.88. The molecular formula is C24H22N8. The van der Waals surface area contributed by atoms with Crippen LogP contribution in [0.15, 0.2) is 61.4 Å². The number of nitriles is 1. The molecule has 0 bridgehead atoms. The van der Waals surface area contributed by atoms with Crippen molar-refractivity contribution in [1.29, 1.82) is 5.26 Å². The van der Waals surface area contributed by atoms with Gasteiger partial charge in [0.25, 0.3) is 0 Å². The van der Waals surface area contributed by atoms with Crippen LogP contribution in [0.25, 0.3) is 5.69 Å². The summed E-state index contributed by atoms with van der Waals surface area (Å²) in [5.74, 6) is 0.833. The summed E-state index contributed by atoms with van der Waals surface area (Å²) in [6, 6.07) is 16.6. The first-order valence-corrected chi connectivity index (χ1v) is 10.5. The fraction of sp³-hybridized carbons (Fsp3) is 0.208. The molecule has 3 heterocycles. The predicted molar refractivity (Wildman–Crippen MR) is 121 cm³/mol. The van der Waals surface area contributed by atoms with E-state index >= 15 is 0 Å². The van der Waals surface area contributed by atoms with Crippen LogP contribution >= 0.6 is 0 Å². The van der Waals surface area contributed by atoms with Crippen LogP contribution < -0.4 is 10.2 Å². The van der Waals surface area contributed by atoms with Crippen LogP contribution in [0.3, 0.4) is 0 Å². The maximum absolute atomic E-state index is 9.60. The van der Waals surface area contributed by atoms with Crippen molar-refractivity contribution in [2.45, 2.75) is 26.4 Å². The second-order valence-electron chi connectivity index (χ2n) is 7.84. The zero-order valence-corrected chi connectivity index (χ0v) is 17.7. The molecule has 1 N–H and O–H groups in total. The number of hydrogen-bond donors (Lipinski definition) is 1. The van der Waals surface area contributed by atoms with Gasteiger partial charge in [0.1, 0.15) is 30.9 Å². The molecule has 0 spiro atoms. The van der Waals surface area contributed by atoms with E-state index in [2.05, 4.69) is 54.7 Å². The van der Waals surface area contributed by atoms with Crippen molar-refractivity contribution < 1.29 is 0 Å². The molecule has 4 aromatic rings. The van der Waals surface area contributed by atoms with E-state index in [1.807, 2.05) is 35.8 Å². The van der Waals surface area contributed by atoms with E-state index in [4.69, 9.17) is 0 Å². The van der Waals surface area contributed by atoms with E-state index in [-0.39, 0.29) is 0 Å². The monoisotopic (exact) mass is 422 g/mol. The van der Waals surface area contributed by atoms with Gasteiger partial charge < -0.3 is 10.2 Å². The van der Waals surface area contributed by atoms with E-state index in [9.17, 15) is 5.26 Å². The lowest BCUT2D eigenvalue weighted by Crippen LogP contribution is -2.32. The van der Waals surface area contributed by atoms with Crippen LogP contribution in [0.1, 0.15) is 27.9 Å². The Balaban J connectivity index is 1.37. The average molecular weight is 422 g/mol. The summed E-state index contributed by atoms with van der Waals surface area (Å²) in [6.45, 7) is 4.12. The van der Waals surface area contributed by atoms with Crippen molar-refractivity contribution in [3.63, 3.8) is 0 Å². The van der Waals surface area contributed by atoms with Crippen molar-refractivity contribution in [2.24, 2.45) is 0 Å². The quantitative estimate of drug-likeness (QED) is 0.526. The number of nitrogens with one attached hydrogen (secondary N) is 1. The van der Waals surface area contributed by atoms with Crippen molar-refractivity contribution in [3.05, 3.63) is 89.4 Å². The second kappa shape index (κ2) is 8.47. The summed E-state index contributed by atoms with van der Waals surface area (Å²) in [5.41, 5.74) is 7.02. The Bertz CT molecular complexity index is 1290. The second-order valence-corrected chi connectivity index (χ2v) is 7.84. The highest BCUT2D eigenvalue weighted by molar-refractivity contribution is 5.62. The molecule has 2 aromatic heterocycles. The van der Waals surface area contributed by atoms with Gasteiger partial charge in [-0.3, -0.25) is 4.57 Å². The molecule has 0 radical (unpaired) electrons. The number of fused-ring (bicyclic) bond motifs is 1. The predicted octanol–water partition coefficient (Wildman–Crippen LogP) is 3.41. The van der Waals surface area contributed by atoms with Crippen molar-refractivity contribution in [3.8, 4) is 11.8 Å². The first-order valence-electron chi connectivity index (χ1n) is 10.5. The van der Waals surface area contributed by atoms with Gasteiger partial charge >= 0.3 is 0 Å². The number of aromatic nitrogens is 5. The summed E-state index contributed by atoms with van der Waals surface area (Å²) in [6.07, 6.45) is 5.80. The third-order valence-corrected chi connectivity index (χ3v) is 5.70. The molecule has 158 valence electrons. The molecule has 0 amide bonds. The number of rotatable bonds is 5. The maximum atomic E-state index is 9.60. The average Bonchev–Trinajstić information content (AvgIpc) is 3.38. The van der Waals surface area contributed by atoms with Gasteiger partial charge in [0.2, 0.25) is 0 Å². The fourth-order valence-corrected chi connectivity index (χ4v) is 4.06. The van der Waals surface area contributed by atoms with Gasteiger partial charge in [0.15, 0.2) is 0 Å². The van der Waals surface area contributed by atoms with Gasteiger partial charge in [-0.1, -0.05) is 18.2 Å². The fourth-order valence-electron chi connectivity index (χ4n) is 4.06. The molecule has 0 unspecified atom stereocenters. The van der Waals surface area contributed by atoms with Gasteiger partial charge in [-0.15, -0.1) is 10.2 Å². The number of hydrogen-bond acceptors (Lipinski definition) is 7. The Morgan fingerprint density at radius 1 is 1.09 bits per heavy atom. The highest BCUT2D eigenvalue weighted by atomic mass is 15.2. The number of aryl methyl sites for hydroxylation is 1. The molecule has 8 heteroatoms. The highest BCUT2D eigenvalue weighted by Gasteiger charge is 2.23. The molecule has 0 aliphatic carbocycles. The minimum absolute atomic E-state index is 0.632. The lowest BCUT2D eigenvalue weighted by molar-refractivity contribution is 0.705. The van der Waals surface area contributed by atoms with E-state index in [0.717, 1.165) is 52.5 Å². The Kier molecular flexibility index (Phi) is 5.22. The van der Waals surface area contributed by atoms with Crippen LogP contribution in [0, 0.1) is 18.3 Å². The maximum Gasteiger partial charge on any atom is 0.134 e. The normalized spacial score (nSPS) is 12.8. The summed E-state index contributed by atoms with van der Waals surface area (Å²) in [5, 5.41) is 20.8. The highest BCUT2D eigenvalue weighted by Crippen LogP contribution is 2.30. The number of benzene rings is 2. The first kappa shape index (κ1) is 19.7. The molecule has 0 saturated heterocycles. The van der Waals surface area contributed by atoms with Crippen LogP contribution in [0.4, 0.5) is 11.5 Å². The largest absolute Gasteiger partial charge is 0.366 e. The standard InChI is InChI=1S/C24H22N8/c1-17-5-6-23(19(9-17)11-25)31-8-7-22-21(13-31)24(28-14-27-22)26-12-18-3-2-4-20(10-18)32-15-29-30-16-32/h2-6,9-10,14-16H,7-8,12-13H2,1H3,(H,26,27,28). The van der Waals surface area contributed by atoms with Gasteiger partial charge in [-0.05, 0) is 42.3 Å². The van der Waals surface area contributed by atoms with Gasteiger partial charge in [0, 0.05) is 37.3 Å². The van der Waals surface area contributed by atoms with Crippen LogP contribution in [0.2, 0.25) is 0 Å². The smallest absolute Gasteiger partial charge is 0.134 e. The van der Waals surface area contributed by atoms with Crippen molar-refractivity contribution in [2.75, 3.05) is 16.8 Å². The molecule has 32 heavy (non-hydrogen) atoms. The van der Waals surface area contributed by atoms with Crippen molar-refractivity contribution >= 4 is 11.5 Å². The topological polar surface area (TPSA) is 95.6 Å². The van der Waals surface area contributed by atoms with Crippen molar-refractivity contribution in [1.82, 2.24) is 24.7 Å². The zero-order chi connectivity index (χ0) is 21.9. The lowest BCUT2D eigenvalue weighted by Gasteiger charge is -2.31. The first-order chi connectivity index (χ1) is 15.7. The van der Waals surface area contributed by atoms with E-state index in [0.29, 0.717) is 18.7 Å². The third-order valence-electron chi connectivity index (χ3n) is 5.70. The molecule has 2 aromatic carbocycles. The molecule has 1 aliphatic heterocycles. The third kappa shape index (κ3) is 3.88. The molecule has 0 fully saturated rings. The molecule has 0 saturated carbocycles. The van der Waals surface area contributed by atoms with Crippen LogP contribution in [-0.4, -0.2) is 31.3 Å². The van der Waals surface area contributed by atoms with Crippen LogP contribution in [-0.2, 0) is 19.5 Å². The number of nitrogens with zero attached hydrogens (tertiary/aromatic N) is 7. The van der Waals surface area contributed by atoms with Gasteiger partial charge in [-0.2, -0.15) is 5.26 Å².